The first kappa shape index (κ1) is 10.3. The van der Waals surface area contributed by atoms with Crippen molar-refractivity contribution in [2.24, 2.45) is 0 Å². The average Bonchev–Trinajstić information content (AvgIpc) is 2.39. The third-order valence-corrected chi connectivity index (χ3v) is 1.81. The van der Waals surface area contributed by atoms with Crippen molar-refractivity contribution in [3.63, 3.8) is 0 Å². The van der Waals surface area contributed by atoms with Crippen LogP contribution in [0, 0.1) is 6.92 Å². The molecular weight excluding hydrogens is 188 g/mol. The second kappa shape index (κ2) is 3.53. The molecular formula is C9H10O5. The van der Waals surface area contributed by atoms with Gasteiger partial charge in [0.25, 0.3) is 5.95 Å². The number of hydrogen-bond donors (Lipinski definition) is 1. The number of rotatable bonds is 2. The summed E-state index contributed by atoms with van der Waals surface area (Å²) in [6.45, 7) is 2.70. The number of methoxy groups -OCH3 is 1. The standard InChI is InChI=1S/C9H10O5/c1-4(10)6-7(8(11)13-3)5(2)14-9(6)12/h12H,1-3H3. The van der Waals surface area contributed by atoms with Crippen LogP contribution in [-0.4, -0.2) is 24.0 Å². The van der Waals surface area contributed by atoms with Gasteiger partial charge in [-0.25, -0.2) is 4.79 Å². The zero-order chi connectivity index (χ0) is 10.9. The molecule has 0 amide bonds. The highest BCUT2D eigenvalue weighted by Crippen LogP contribution is 2.28. The minimum absolute atomic E-state index is 0.0162. The lowest BCUT2D eigenvalue weighted by atomic mass is 10.1. The highest BCUT2D eigenvalue weighted by Gasteiger charge is 2.26. The molecule has 0 aliphatic carbocycles. The van der Waals surface area contributed by atoms with Crippen molar-refractivity contribution in [2.45, 2.75) is 13.8 Å². The van der Waals surface area contributed by atoms with Crippen LogP contribution >= 0.6 is 0 Å². The average molecular weight is 198 g/mol. The van der Waals surface area contributed by atoms with E-state index in [2.05, 4.69) is 4.74 Å². The van der Waals surface area contributed by atoms with Gasteiger partial charge in [-0.05, 0) is 13.8 Å². The van der Waals surface area contributed by atoms with Crippen LogP contribution in [0.15, 0.2) is 4.42 Å². The molecule has 76 valence electrons. The topological polar surface area (TPSA) is 76.7 Å². The van der Waals surface area contributed by atoms with Gasteiger partial charge in [-0.1, -0.05) is 0 Å². The Morgan fingerprint density at radius 1 is 1.36 bits per heavy atom. The fourth-order valence-corrected chi connectivity index (χ4v) is 1.20. The summed E-state index contributed by atoms with van der Waals surface area (Å²) in [4.78, 5) is 22.3. The molecule has 1 rings (SSSR count). The van der Waals surface area contributed by atoms with Crippen molar-refractivity contribution >= 4 is 11.8 Å². The molecule has 0 radical (unpaired) electrons. The Hall–Kier alpha value is -1.78. The number of ether oxygens (including phenoxy) is 1. The molecule has 0 saturated heterocycles. The van der Waals surface area contributed by atoms with Gasteiger partial charge in [0.2, 0.25) is 0 Å². The van der Waals surface area contributed by atoms with E-state index in [9.17, 15) is 14.7 Å². The maximum Gasteiger partial charge on any atom is 0.342 e. The van der Waals surface area contributed by atoms with Crippen molar-refractivity contribution in [3.8, 4) is 5.95 Å². The van der Waals surface area contributed by atoms with Crippen LogP contribution in [-0.2, 0) is 4.74 Å². The second-order valence-electron chi connectivity index (χ2n) is 2.76. The van der Waals surface area contributed by atoms with Crippen LogP contribution in [0.2, 0.25) is 0 Å². The van der Waals surface area contributed by atoms with Crippen LogP contribution in [0.4, 0.5) is 0 Å². The Morgan fingerprint density at radius 2 is 1.93 bits per heavy atom. The van der Waals surface area contributed by atoms with Crippen molar-refractivity contribution in [1.29, 1.82) is 0 Å². The van der Waals surface area contributed by atoms with E-state index in [1.807, 2.05) is 0 Å². The van der Waals surface area contributed by atoms with Gasteiger partial charge in [-0.3, -0.25) is 4.79 Å². The zero-order valence-electron chi connectivity index (χ0n) is 8.08. The quantitative estimate of drug-likeness (QED) is 0.572. The summed E-state index contributed by atoms with van der Waals surface area (Å²) in [6, 6.07) is 0. The molecule has 0 atom stereocenters. The normalized spacial score (nSPS) is 9.93. The Kier molecular flexibility index (Phi) is 2.60. The van der Waals surface area contributed by atoms with E-state index in [1.165, 1.54) is 21.0 Å². The highest BCUT2D eigenvalue weighted by atomic mass is 16.5. The van der Waals surface area contributed by atoms with E-state index in [-0.39, 0.29) is 16.9 Å². The number of aryl methyl sites for hydroxylation is 1. The van der Waals surface area contributed by atoms with Gasteiger partial charge in [-0.15, -0.1) is 0 Å². The monoisotopic (exact) mass is 198 g/mol. The molecule has 0 aliphatic heterocycles. The molecule has 5 heteroatoms. The van der Waals surface area contributed by atoms with Gasteiger partial charge in [0, 0.05) is 0 Å². The fourth-order valence-electron chi connectivity index (χ4n) is 1.20. The lowest BCUT2D eigenvalue weighted by molar-refractivity contribution is 0.0595. The Bertz CT molecular complexity index is 388. The summed E-state index contributed by atoms with van der Waals surface area (Å²) in [5.41, 5.74) is -0.146. The number of hydrogen-bond acceptors (Lipinski definition) is 5. The van der Waals surface area contributed by atoms with Gasteiger partial charge >= 0.3 is 5.97 Å². The predicted molar refractivity (Wildman–Crippen MR) is 46.5 cm³/mol. The summed E-state index contributed by atoms with van der Waals surface area (Å²) in [7, 11) is 1.19. The number of ketones is 1. The smallest absolute Gasteiger partial charge is 0.342 e. The molecule has 1 heterocycles. The van der Waals surface area contributed by atoms with Crippen molar-refractivity contribution in [3.05, 3.63) is 16.9 Å². The number of carbonyl (C=O) groups excluding carboxylic acids is 2. The molecule has 0 aromatic carbocycles. The first-order valence-corrected chi connectivity index (χ1v) is 3.90. The number of carbonyl (C=O) groups is 2. The van der Waals surface area contributed by atoms with Gasteiger partial charge in [0.05, 0.1) is 7.11 Å². The third kappa shape index (κ3) is 1.48. The predicted octanol–water partition coefficient (Wildman–Crippen LogP) is 1.28. The van der Waals surface area contributed by atoms with Crippen molar-refractivity contribution in [1.82, 2.24) is 0 Å². The second-order valence-corrected chi connectivity index (χ2v) is 2.76. The van der Waals surface area contributed by atoms with E-state index in [0.29, 0.717) is 0 Å². The van der Waals surface area contributed by atoms with Crippen LogP contribution in [0.25, 0.3) is 0 Å². The fraction of sp³-hybridized carbons (Fsp3) is 0.333. The van der Waals surface area contributed by atoms with Gasteiger partial charge in [0.1, 0.15) is 16.9 Å². The summed E-state index contributed by atoms with van der Waals surface area (Å²) >= 11 is 0. The Balaban J connectivity index is 3.39. The first-order valence-electron chi connectivity index (χ1n) is 3.90. The number of furan rings is 1. The molecule has 14 heavy (non-hydrogen) atoms. The van der Waals surface area contributed by atoms with Gasteiger partial charge < -0.3 is 14.3 Å². The molecule has 1 aromatic heterocycles. The van der Waals surface area contributed by atoms with E-state index < -0.39 is 17.7 Å². The molecule has 1 N–H and O–H groups in total. The molecule has 5 nitrogen and oxygen atoms in total. The summed E-state index contributed by atoms with van der Waals surface area (Å²) in [5, 5.41) is 9.23. The van der Waals surface area contributed by atoms with Gasteiger partial charge in [-0.2, -0.15) is 0 Å². The minimum atomic E-state index is -0.697. The highest BCUT2D eigenvalue weighted by molar-refractivity contribution is 6.07. The molecule has 0 aliphatic rings. The van der Waals surface area contributed by atoms with Crippen LogP contribution in [0.5, 0.6) is 5.95 Å². The molecule has 0 spiro atoms. The number of esters is 1. The molecule has 0 saturated carbocycles. The lowest BCUT2D eigenvalue weighted by Crippen LogP contribution is -2.07. The van der Waals surface area contributed by atoms with Crippen LogP contribution in [0.1, 0.15) is 33.4 Å². The lowest BCUT2D eigenvalue weighted by Gasteiger charge is -1.97. The summed E-state index contributed by atoms with van der Waals surface area (Å²) < 4.78 is 9.22. The van der Waals surface area contributed by atoms with Crippen molar-refractivity contribution < 1.29 is 23.8 Å². The summed E-state index contributed by atoms with van der Waals surface area (Å²) in [5.74, 6) is -1.52. The van der Waals surface area contributed by atoms with Crippen LogP contribution < -0.4 is 0 Å². The number of aromatic hydroxyl groups is 1. The van der Waals surface area contributed by atoms with E-state index in [0.717, 1.165) is 0 Å². The maximum absolute atomic E-state index is 11.2. The van der Waals surface area contributed by atoms with Crippen LogP contribution in [0.3, 0.4) is 0 Å². The first-order chi connectivity index (χ1) is 6.49. The minimum Gasteiger partial charge on any atom is -0.480 e. The van der Waals surface area contributed by atoms with E-state index >= 15 is 0 Å². The van der Waals surface area contributed by atoms with Crippen molar-refractivity contribution in [2.75, 3.05) is 7.11 Å². The van der Waals surface area contributed by atoms with E-state index in [1.54, 1.807) is 0 Å². The molecule has 1 aromatic rings. The third-order valence-electron chi connectivity index (χ3n) is 1.81. The molecule has 0 unspecified atom stereocenters. The Labute approximate surface area is 80.3 Å². The Morgan fingerprint density at radius 3 is 2.36 bits per heavy atom. The number of Topliss-reactive ketones (excluding diaryl/α,β-unsaturated/α-hetero) is 1. The van der Waals surface area contributed by atoms with E-state index in [4.69, 9.17) is 4.42 Å². The SMILES string of the molecule is COC(=O)c1c(C)oc(O)c1C(C)=O. The largest absolute Gasteiger partial charge is 0.480 e. The molecule has 0 bridgehead atoms. The van der Waals surface area contributed by atoms with Gasteiger partial charge in [0.15, 0.2) is 5.78 Å². The summed E-state index contributed by atoms with van der Waals surface area (Å²) in [6.07, 6.45) is 0. The maximum atomic E-state index is 11.2. The molecule has 0 fully saturated rings. The zero-order valence-corrected chi connectivity index (χ0v) is 8.08.